The van der Waals surface area contributed by atoms with Crippen LogP contribution in [0.3, 0.4) is 0 Å². The van der Waals surface area contributed by atoms with Gasteiger partial charge in [-0.05, 0) is 0 Å². The molecule has 3 heteroatoms. The van der Waals surface area contributed by atoms with Crippen molar-refractivity contribution < 1.29 is 4.74 Å². The first-order valence-corrected chi connectivity index (χ1v) is 2.14. The van der Waals surface area contributed by atoms with Crippen molar-refractivity contribution >= 4 is 6.21 Å². The van der Waals surface area contributed by atoms with E-state index >= 15 is 0 Å². The second-order valence-electron chi connectivity index (χ2n) is 1.33. The molecular weight excluding hydrogens is 92.1 g/mol. The summed E-state index contributed by atoms with van der Waals surface area (Å²) in [6, 6.07) is 0. The van der Waals surface area contributed by atoms with E-state index in [0.29, 0.717) is 0 Å². The first-order chi connectivity index (χ1) is 3.43. The summed E-state index contributed by atoms with van der Waals surface area (Å²) in [6.07, 6.45) is 3.54. The van der Waals surface area contributed by atoms with Crippen LogP contribution in [0, 0.1) is 0 Å². The Morgan fingerprint density at radius 1 is 2.00 bits per heavy atom. The van der Waals surface area contributed by atoms with Gasteiger partial charge in [-0.15, -0.1) is 0 Å². The maximum atomic E-state index is 4.84. The molecule has 1 radical (unpaired) electrons. The number of hydrogen-bond donors (Lipinski definition) is 1. The summed E-state index contributed by atoms with van der Waals surface area (Å²) >= 11 is 0. The third-order valence-corrected chi connectivity index (χ3v) is 0.849. The molecule has 39 valence electrons. The van der Waals surface area contributed by atoms with Gasteiger partial charge in [-0.25, -0.2) is 0 Å². The van der Waals surface area contributed by atoms with E-state index in [1.54, 1.807) is 7.11 Å². The zero-order valence-corrected chi connectivity index (χ0v) is 4.14. The second-order valence-corrected chi connectivity index (χ2v) is 1.33. The molecule has 1 N–H and O–H groups in total. The highest BCUT2D eigenvalue weighted by molar-refractivity contribution is 5.59. The summed E-state index contributed by atoms with van der Waals surface area (Å²) in [5.41, 5.74) is 2.70. The molecule has 0 aromatic carbocycles. The lowest BCUT2D eigenvalue weighted by atomic mass is 10.4. The lowest BCUT2D eigenvalue weighted by molar-refractivity contribution is 0.0898. The molecule has 0 aromatic rings. The fourth-order valence-electron chi connectivity index (χ4n) is 0.428. The standard InChI is InChI=1S/C4H7N2O/c1-7-4-2-3-5-6-4/h4,6H,2H2,1H3. The second kappa shape index (κ2) is 1.93. The molecule has 0 bridgehead atoms. The smallest absolute Gasteiger partial charge is 0.148 e. The third kappa shape index (κ3) is 0.899. The number of nitrogens with zero attached hydrogens (tertiary/aromatic N) is 1. The summed E-state index contributed by atoms with van der Waals surface area (Å²) < 4.78 is 4.84. The largest absolute Gasteiger partial charge is 0.360 e. The maximum absolute atomic E-state index is 4.84. The van der Waals surface area contributed by atoms with Crippen LogP contribution in [0.15, 0.2) is 5.10 Å². The number of hydrazone groups is 1. The molecular formula is C4H7N2O. The molecule has 0 saturated heterocycles. The topological polar surface area (TPSA) is 33.6 Å². The molecule has 0 fully saturated rings. The minimum Gasteiger partial charge on any atom is -0.360 e. The van der Waals surface area contributed by atoms with E-state index in [9.17, 15) is 0 Å². The van der Waals surface area contributed by atoms with Crippen molar-refractivity contribution in [2.75, 3.05) is 7.11 Å². The molecule has 1 unspecified atom stereocenters. The van der Waals surface area contributed by atoms with Gasteiger partial charge >= 0.3 is 0 Å². The van der Waals surface area contributed by atoms with E-state index < -0.39 is 0 Å². The summed E-state index contributed by atoms with van der Waals surface area (Å²) in [4.78, 5) is 0. The quantitative estimate of drug-likeness (QED) is 0.494. The van der Waals surface area contributed by atoms with Crippen LogP contribution in [0.5, 0.6) is 0 Å². The molecule has 0 saturated carbocycles. The minimum atomic E-state index is 0.0694. The zero-order valence-electron chi connectivity index (χ0n) is 4.14. The van der Waals surface area contributed by atoms with Crippen molar-refractivity contribution in [1.82, 2.24) is 5.43 Å². The predicted molar refractivity (Wildman–Crippen MR) is 26.0 cm³/mol. The lowest BCUT2D eigenvalue weighted by Gasteiger charge is -2.03. The summed E-state index contributed by atoms with van der Waals surface area (Å²) in [7, 11) is 1.64. The fraction of sp³-hybridized carbons (Fsp3) is 0.750. The Hall–Kier alpha value is -0.570. The van der Waals surface area contributed by atoms with Crippen LogP contribution >= 0.6 is 0 Å². The molecule has 1 aliphatic rings. The highest BCUT2D eigenvalue weighted by Crippen LogP contribution is 1.94. The molecule has 0 spiro atoms. The molecule has 1 atom stereocenters. The third-order valence-electron chi connectivity index (χ3n) is 0.849. The number of rotatable bonds is 1. The molecule has 3 nitrogen and oxygen atoms in total. The number of ether oxygens (including phenoxy) is 1. The van der Waals surface area contributed by atoms with Crippen molar-refractivity contribution in [2.45, 2.75) is 12.6 Å². The van der Waals surface area contributed by atoms with Gasteiger partial charge in [0.15, 0.2) is 0 Å². The Bertz CT molecular complexity index is 73.8. The van der Waals surface area contributed by atoms with Gasteiger partial charge in [-0.1, -0.05) is 0 Å². The Kier molecular flexibility index (Phi) is 1.26. The van der Waals surface area contributed by atoms with E-state index in [1.807, 2.05) is 0 Å². The molecule has 0 amide bonds. The highest BCUT2D eigenvalue weighted by atomic mass is 16.5. The van der Waals surface area contributed by atoms with Gasteiger partial charge in [0, 0.05) is 13.5 Å². The lowest BCUT2D eigenvalue weighted by Crippen LogP contribution is -2.20. The monoisotopic (exact) mass is 99.1 g/mol. The predicted octanol–water partition coefficient (Wildman–Crippen LogP) is -0.185. The summed E-state index contributed by atoms with van der Waals surface area (Å²) in [6.45, 7) is 0. The molecule has 0 aliphatic carbocycles. The molecule has 1 rings (SSSR count). The van der Waals surface area contributed by atoms with Crippen LogP contribution < -0.4 is 5.43 Å². The highest BCUT2D eigenvalue weighted by Gasteiger charge is 2.06. The summed E-state index contributed by atoms with van der Waals surface area (Å²) in [5, 5.41) is 3.61. The van der Waals surface area contributed by atoms with Gasteiger partial charge in [0.25, 0.3) is 0 Å². The average molecular weight is 99.1 g/mol. The first-order valence-electron chi connectivity index (χ1n) is 2.14. The van der Waals surface area contributed by atoms with Crippen molar-refractivity contribution in [3.8, 4) is 0 Å². The van der Waals surface area contributed by atoms with Gasteiger partial charge in [0.05, 0.1) is 6.21 Å². The van der Waals surface area contributed by atoms with Crippen LogP contribution in [0.25, 0.3) is 0 Å². The van der Waals surface area contributed by atoms with Gasteiger partial charge in [0.2, 0.25) is 0 Å². The number of hydrogen-bond acceptors (Lipinski definition) is 3. The Balaban J connectivity index is 2.22. The SMILES string of the molecule is COC1C[C]=NN1. The minimum absolute atomic E-state index is 0.0694. The fourth-order valence-corrected chi connectivity index (χ4v) is 0.428. The van der Waals surface area contributed by atoms with E-state index in [4.69, 9.17) is 4.74 Å². The van der Waals surface area contributed by atoms with Crippen LogP contribution in [-0.2, 0) is 4.74 Å². The van der Waals surface area contributed by atoms with E-state index in [0.717, 1.165) is 6.42 Å². The Labute approximate surface area is 42.4 Å². The molecule has 1 heterocycles. The molecule has 0 aromatic heterocycles. The van der Waals surface area contributed by atoms with Crippen LogP contribution in [0.2, 0.25) is 0 Å². The van der Waals surface area contributed by atoms with Crippen molar-refractivity contribution in [3.05, 3.63) is 0 Å². The number of methoxy groups -OCH3 is 1. The van der Waals surface area contributed by atoms with Crippen LogP contribution in [-0.4, -0.2) is 19.6 Å². The van der Waals surface area contributed by atoms with E-state index in [1.165, 1.54) is 0 Å². The Morgan fingerprint density at radius 3 is 3.14 bits per heavy atom. The van der Waals surface area contributed by atoms with Crippen LogP contribution in [0.1, 0.15) is 6.42 Å². The zero-order chi connectivity index (χ0) is 5.11. The van der Waals surface area contributed by atoms with Crippen molar-refractivity contribution in [3.63, 3.8) is 0 Å². The van der Waals surface area contributed by atoms with Gasteiger partial charge in [-0.3, -0.25) is 5.43 Å². The van der Waals surface area contributed by atoms with Crippen LogP contribution in [0.4, 0.5) is 0 Å². The molecule has 1 aliphatic heterocycles. The van der Waals surface area contributed by atoms with E-state index in [2.05, 4.69) is 16.7 Å². The molecule has 7 heavy (non-hydrogen) atoms. The van der Waals surface area contributed by atoms with Crippen molar-refractivity contribution in [2.24, 2.45) is 5.10 Å². The summed E-state index contributed by atoms with van der Waals surface area (Å²) in [5.74, 6) is 0. The average Bonchev–Trinajstić information content (AvgIpc) is 2.14. The van der Waals surface area contributed by atoms with Gasteiger partial charge in [-0.2, -0.15) is 5.10 Å². The Morgan fingerprint density at radius 2 is 2.86 bits per heavy atom. The maximum Gasteiger partial charge on any atom is 0.148 e. The normalized spacial score (nSPS) is 27.9. The van der Waals surface area contributed by atoms with E-state index in [-0.39, 0.29) is 6.23 Å². The van der Waals surface area contributed by atoms with Crippen molar-refractivity contribution in [1.29, 1.82) is 0 Å². The first kappa shape index (κ1) is 4.59. The van der Waals surface area contributed by atoms with Gasteiger partial charge < -0.3 is 4.74 Å². The van der Waals surface area contributed by atoms with Gasteiger partial charge in [0.1, 0.15) is 6.23 Å². The number of nitrogens with one attached hydrogen (secondary N) is 1.